The van der Waals surface area contributed by atoms with E-state index in [-0.39, 0.29) is 17.5 Å². The third-order valence-electron chi connectivity index (χ3n) is 3.42. The van der Waals surface area contributed by atoms with E-state index in [0.29, 0.717) is 5.56 Å². The van der Waals surface area contributed by atoms with E-state index >= 15 is 0 Å². The Morgan fingerprint density at radius 1 is 1.32 bits per heavy atom. The number of aryl methyl sites for hydroxylation is 1. The summed E-state index contributed by atoms with van der Waals surface area (Å²) < 4.78 is 40.7. The van der Waals surface area contributed by atoms with Crippen LogP contribution in [0, 0.1) is 12.7 Å². The lowest BCUT2D eigenvalue weighted by Gasteiger charge is -2.23. The van der Waals surface area contributed by atoms with Crippen molar-refractivity contribution in [2.75, 3.05) is 20.6 Å². The van der Waals surface area contributed by atoms with Crippen LogP contribution in [-0.4, -0.2) is 34.0 Å². The Morgan fingerprint density at radius 2 is 2.05 bits per heavy atom. The van der Waals surface area contributed by atoms with Gasteiger partial charge in [-0.3, -0.25) is 0 Å². The third kappa shape index (κ3) is 3.92. The molecule has 0 bridgehead atoms. The maximum atomic E-state index is 13.6. The van der Waals surface area contributed by atoms with E-state index in [1.807, 2.05) is 36.5 Å². The molecule has 7 heteroatoms. The third-order valence-corrected chi connectivity index (χ3v) is 5.81. The van der Waals surface area contributed by atoms with Crippen molar-refractivity contribution in [2.24, 2.45) is 0 Å². The molecule has 1 heterocycles. The Hall–Kier alpha value is -1.28. The Morgan fingerprint density at radius 3 is 2.59 bits per heavy atom. The Bertz CT molecular complexity index is 728. The van der Waals surface area contributed by atoms with Gasteiger partial charge in [-0.2, -0.15) is 0 Å². The van der Waals surface area contributed by atoms with Gasteiger partial charge in [0.25, 0.3) is 0 Å². The topological polar surface area (TPSA) is 49.4 Å². The molecule has 2 rings (SSSR count). The molecule has 0 aliphatic heterocycles. The number of thiophene rings is 1. The standard InChI is InChI=1S/C15H19FN2O2S2/c1-11-6-7-12(9-13(11)16)22(19,20)17-10-14(18(2)3)15-5-4-8-21-15/h4-9,14,17H,10H2,1-3H3/t14-/m0/s1. The van der Waals surface area contributed by atoms with Crippen LogP contribution in [0.3, 0.4) is 0 Å². The molecule has 1 aromatic carbocycles. The molecule has 0 saturated heterocycles. The zero-order valence-electron chi connectivity index (χ0n) is 12.7. The van der Waals surface area contributed by atoms with Crippen LogP contribution >= 0.6 is 11.3 Å². The highest BCUT2D eigenvalue weighted by molar-refractivity contribution is 7.89. The summed E-state index contributed by atoms with van der Waals surface area (Å²) in [4.78, 5) is 2.96. The average molecular weight is 342 g/mol. The van der Waals surface area contributed by atoms with E-state index in [0.717, 1.165) is 10.9 Å². The lowest BCUT2D eigenvalue weighted by molar-refractivity contribution is 0.303. The quantitative estimate of drug-likeness (QED) is 0.878. The molecule has 0 fully saturated rings. The minimum Gasteiger partial charge on any atom is -0.300 e. The van der Waals surface area contributed by atoms with Crippen LogP contribution in [-0.2, 0) is 10.0 Å². The molecule has 0 spiro atoms. The monoisotopic (exact) mass is 342 g/mol. The van der Waals surface area contributed by atoms with Gasteiger partial charge < -0.3 is 4.90 Å². The van der Waals surface area contributed by atoms with Crippen LogP contribution in [0.2, 0.25) is 0 Å². The summed E-state index contributed by atoms with van der Waals surface area (Å²) >= 11 is 1.57. The smallest absolute Gasteiger partial charge is 0.240 e. The first-order valence-electron chi connectivity index (χ1n) is 6.77. The van der Waals surface area contributed by atoms with Crippen molar-refractivity contribution in [3.05, 3.63) is 52.0 Å². The fourth-order valence-electron chi connectivity index (χ4n) is 2.03. The van der Waals surface area contributed by atoms with Gasteiger partial charge in [-0.05, 0) is 50.2 Å². The van der Waals surface area contributed by atoms with Crippen LogP contribution in [0.4, 0.5) is 4.39 Å². The van der Waals surface area contributed by atoms with Crippen molar-refractivity contribution in [3.63, 3.8) is 0 Å². The minimum absolute atomic E-state index is 0.0562. The molecular weight excluding hydrogens is 323 g/mol. The minimum atomic E-state index is -3.73. The first kappa shape index (κ1) is 17.1. The van der Waals surface area contributed by atoms with Crippen LogP contribution in [0.25, 0.3) is 0 Å². The maximum absolute atomic E-state index is 13.6. The van der Waals surface area contributed by atoms with Crippen molar-refractivity contribution < 1.29 is 12.8 Å². The number of nitrogens with one attached hydrogen (secondary N) is 1. The number of likely N-dealkylation sites (N-methyl/N-ethyl adjacent to an activating group) is 1. The molecule has 1 aromatic heterocycles. The van der Waals surface area contributed by atoms with Crippen LogP contribution < -0.4 is 4.72 Å². The normalized spacial score (nSPS) is 13.5. The van der Waals surface area contributed by atoms with E-state index < -0.39 is 15.8 Å². The maximum Gasteiger partial charge on any atom is 0.240 e. The van der Waals surface area contributed by atoms with Gasteiger partial charge in [0, 0.05) is 11.4 Å². The Labute approximate surface area is 134 Å². The molecule has 0 amide bonds. The summed E-state index contributed by atoms with van der Waals surface area (Å²) in [5.74, 6) is -0.523. The van der Waals surface area contributed by atoms with Gasteiger partial charge in [-0.15, -0.1) is 11.3 Å². The van der Waals surface area contributed by atoms with E-state index in [2.05, 4.69) is 4.72 Å². The van der Waals surface area contributed by atoms with Crippen LogP contribution in [0.15, 0.2) is 40.6 Å². The number of benzene rings is 1. The number of rotatable bonds is 6. The van der Waals surface area contributed by atoms with Gasteiger partial charge in [-0.1, -0.05) is 12.1 Å². The van der Waals surface area contributed by atoms with E-state index in [4.69, 9.17) is 0 Å². The van der Waals surface area contributed by atoms with E-state index in [1.54, 1.807) is 18.3 Å². The van der Waals surface area contributed by atoms with Crippen molar-refractivity contribution in [3.8, 4) is 0 Å². The first-order valence-corrected chi connectivity index (χ1v) is 9.13. The molecule has 4 nitrogen and oxygen atoms in total. The molecule has 0 saturated carbocycles. The predicted octanol–water partition coefficient (Wildman–Crippen LogP) is 2.78. The second-order valence-electron chi connectivity index (χ2n) is 5.26. The van der Waals surface area contributed by atoms with Crippen LogP contribution in [0.1, 0.15) is 16.5 Å². The van der Waals surface area contributed by atoms with Crippen molar-refractivity contribution in [2.45, 2.75) is 17.9 Å². The fraction of sp³-hybridized carbons (Fsp3) is 0.333. The van der Waals surface area contributed by atoms with E-state index in [1.165, 1.54) is 12.1 Å². The Balaban J connectivity index is 2.16. The molecule has 1 atom stereocenters. The number of hydrogen-bond acceptors (Lipinski definition) is 4. The van der Waals surface area contributed by atoms with E-state index in [9.17, 15) is 12.8 Å². The molecule has 0 unspecified atom stereocenters. The van der Waals surface area contributed by atoms with Gasteiger partial charge in [0.05, 0.1) is 10.9 Å². The number of halogens is 1. The zero-order valence-corrected chi connectivity index (χ0v) is 14.3. The molecule has 1 N–H and O–H groups in total. The highest BCUT2D eigenvalue weighted by Crippen LogP contribution is 2.23. The second-order valence-corrected chi connectivity index (χ2v) is 8.00. The lowest BCUT2D eigenvalue weighted by Crippen LogP contribution is -2.34. The fourth-order valence-corrected chi connectivity index (χ4v) is 4.00. The highest BCUT2D eigenvalue weighted by atomic mass is 32.2. The summed E-state index contributed by atoms with van der Waals surface area (Å²) in [6.07, 6.45) is 0. The van der Waals surface area contributed by atoms with Gasteiger partial charge in [0.15, 0.2) is 0 Å². The number of sulfonamides is 1. The van der Waals surface area contributed by atoms with Gasteiger partial charge >= 0.3 is 0 Å². The van der Waals surface area contributed by atoms with Gasteiger partial charge in [-0.25, -0.2) is 17.5 Å². The molecule has 0 radical (unpaired) electrons. The molecule has 0 aliphatic rings. The van der Waals surface area contributed by atoms with Crippen LogP contribution in [0.5, 0.6) is 0 Å². The Kier molecular flexibility index (Phi) is 5.33. The summed E-state index contributed by atoms with van der Waals surface area (Å²) in [5, 5.41) is 1.95. The molecule has 2 aromatic rings. The van der Waals surface area contributed by atoms with Crippen molar-refractivity contribution in [1.82, 2.24) is 9.62 Å². The SMILES string of the molecule is Cc1ccc(S(=O)(=O)NC[C@@H](c2cccs2)N(C)C)cc1F. The van der Waals surface area contributed by atoms with Crippen molar-refractivity contribution in [1.29, 1.82) is 0 Å². The summed E-state index contributed by atoms with van der Waals surface area (Å²) in [7, 11) is 0.0549. The summed E-state index contributed by atoms with van der Waals surface area (Å²) in [6.45, 7) is 1.82. The summed E-state index contributed by atoms with van der Waals surface area (Å²) in [5.41, 5.74) is 0.420. The van der Waals surface area contributed by atoms with Crippen molar-refractivity contribution >= 4 is 21.4 Å². The number of nitrogens with zero attached hydrogens (tertiary/aromatic N) is 1. The first-order chi connectivity index (χ1) is 10.3. The predicted molar refractivity (Wildman–Crippen MR) is 87.1 cm³/mol. The molecular formula is C15H19FN2O2S2. The molecule has 120 valence electrons. The van der Waals surface area contributed by atoms with Gasteiger partial charge in [0.1, 0.15) is 5.82 Å². The highest BCUT2D eigenvalue weighted by Gasteiger charge is 2.21. The molecule has 0 aliphatic carbocycles. The van der Waals surface area contributed by atoms with Gasteiger partial charge in [0.2, 0.25) is 10.0 Å². The lowest BCUT2D eigenvalue weighted by atomic mass is 10.2. The summed E-state index contributed by atoms with van der Waals surface area (Å²) in [6, 6.07) is 7.76. The largest absolute Gasteiger partial charge is 0.300 e. The zero-order chi connectivity index (χ0) is 16.3. The average Bonchev–Trinajstić information content (AvgIpc) is 2.95. The molecule has 22 heavy (non-hydrogen) atoms. The second kappa shape index (κ2) is 6.87. The number of hydrogen-bond donors (Lipinski definition) is 1.